The third-order valence-corrected chi connectivity index (χ3v) is 5.76. The first-order chi connectivity index (χ1) is 12.3. The highest BCUT2D eigenvalue weighted by Gasteiger charge is 2.71. The molecule has 142 valence electrons. The smallest absolute Gasteiger partial charge is 0.276 e. The number of Topliss-reactive ketones (excluding diaryl/α,β-unsaturated/α-hetero) is 1. The maximum absolute atomic E-state index is 13.2. The SMILES string of the molecule is CC(C)(C)c1cc(C(C)(C)C)c2c(c1)C1(O)C(=O)c3ccccc3C1(O)O2. The van der Waals surface area contributed by atoms with Crippen LogP contribution in [0.5, 0.6) is 5.75 Å². The maximum atomic E-state index is 13.2. The summed E-state index contributed by atoms with van der Waals surface area (Å²) in [4.78, 5) is 13.2. The molecule has 1 aliphatic heterocycles. The molecule has 2 unspecified atom stereocenters. The van der Waals surface area contributed by atoms with Crippen molar-refractivity contribution in [2.45, 2.75) is 63.8 Å². The number of rotatable bonds is 0. The van der Waals surface area contributed by atoms with Gasteiger partial charge in [-0.05, 0) is 22.5 Å². The van der Waals surface area contributed by atoms with E-state index in [1.54, 1.807) is 24.3 Å². The number of ketones is 1. The summed E-state index contributed by atoms with van der Waals surface area (Å²) in [7, 11) is 0. The molecule has 4 heteroatoms. The molecule has 1 aliphatic carbocycles. The molecule has 2 aromatic rings. The highest BCUT2D eigenvalue weighted by Crippen LogP contribution is 2.60. The summed E-state index contributed by atoms with van der Waals surface area (Å²) < 4.78 is 6.03. The molecule has 0 spiro atoms. The predicted octanol–water partition coefficient (Wildman–Crippen LogP) is 3.90. The topological polar surface area (TPSA) is 66.8 Å². The van der Waals surface area contributed by atoms with Crippen molar-refractivity contribution < 1.29 is 19.7 Å². The van der Waals surface area contributed by atoms with Gasteiger partial charge in [-0.3, -0.25) is 4.79 Å². The maximum Gasteiger partial charge on any atom is 0.276 e. The van der Waals surface area contributed by atoms with Gasteiger partial charge < -0.3 is 14.9 Å². The number of carbonyl (C=O) groups excluding carboxylic acids is 1. The van der Waals surface area contributed by atoms with E-state index < -0.39 is 17.2 Å². The molecular formula is C23H26O4. The van der Waals surface area contributed by atoms with Gasteiger partial charge in [0.1, 0.15) is 5.75 Å². The number of benzene rings is 2. The molecule has 0 saturated carbocycles. The van der Waals surface area contributed by atoms with Gasteiger partial charge >= 0.3 is 0 Å². The van der Waals surface area contributed by atoms with Crippen LogP contribution < -0.4 is 4.74 Å². The average Bonchev–Trinajstić information content (AvgIpc) is 2.89. The lowest BCUT2D eigenvalue weighted by molar-refractivity contribution is -0.224. The van der Waals surface area contributed by atoms with Gasteiger partial charge in [-0.25, -0.2) is 0 Å². The fourth-order valence-electron chi connectivity index (χ4n) is 4.10. The van der Waals surface area contributed by atoms with E-state index in [2.05, 4.69) is 47.6 Å². The van der Waals surface area contributed by atoms with Crippen molar-refractivity contribution in [3.05, 3.63) is 64.2 Å². The molecule has 27 heavy (non-hydrogen) atoms. The van der Waals surface area contributed by atoms with Crippen LogP contribution >= 0.6 is 0 Å². The Morgan fingerprint density at radius 1 is 0.889 bits per heavy atom. The summed E-state index contributed by atoms with van der Waals surface area (Å²) >= 11 is 0. The second-order valence-electron chi connectivity index (χ2n) is 9.73. The minimum Gasteiger partial charge on any atom is -0.453 e. The van der Waals surface area contributed by atoms with Crippen molar-refractivity contribution in [1.82, 2.24) is 0 Å². The molecule has 0 radical (unpaired) electrons. The molecule has 2 aliphatic rings. The third-order valence-electron chi connectivity index (χ3n) is 5.76. The monoisotopic (exact) mass is 366 g/mol. The first-order valence-corrected chi connectivity index (χ1v) is 9.29. The second kappa shape index (κ2) is 5.00. The fraction of sp³-hybridized carbons (Fsp3) is 0.435. The van der Waals surface area contributed by atoms with E-state index in [1.165, 1.54) is 0 Å². The number of hydrogen-bond donors (Lipinski definition) is 2. The van der Waals surface area contributed by atoms with Gasteiger partial charge in [0.15, 0.2) is 0 Å². The molecule has 0 aromatic heterocycles. The number of ether oxygens (including phenoxy) is 1. The van der Waals surface area contributed by atoms with Gasteiger partial charge in [-0.2, -0.15) is 0 Å². The van der Waals surface area contributed by atoms with Gasteiger partial charge in [0, 0.05) is 22.3 Å². The quantitative estimate of drug-likeness (QED) is 0.742. The standard InChI is InChI=1S/C23H26O4/c1-20(2,3)13-11-16(21(4,5)6)18-17(12-13)22(25)19(24)14-9-7-8-10-15(14)23(22,26)27-18/h7-12,25-26H,1-6H3. The van der Waals surface area contributed by atoms with E-state index in [9.17, 15) is 15.0 Å². The molecule has 1 heterocycles. The van der Waals surface area contributed by atoms with E-state index in [1.807, 2.05) is 6.07 Å². The zero-order valence-corrected chi connectivity index (χ0v) is 16.7. The normalized spacial score (nSPS) is 26.4. The Kier molecular flexibility index (Phi) is 3.37. The van der Waals surface area contributed by atoms with Crippen molar-refractivity contribution in [1.29, 1.82) is 0 Å². The number of aliphatic hydroxyl groups is 2. The van der Waals surface area contributed by atoms with Crippen molar-refractivity contribution in [3.8, 4) is 5.75 Å². The molecule has 2 aromatic carbocycles. The molecule has 2 atom stereocenters. The van der Waals surface area contributed by atoms with E-state index in [0.29, 0.717) is 22.4 Å². The minimum atomic E-state index is -2.15. The Morgan fingerprint density at radius 3 is 2.11 bits per heavy atom. The van der Waals surface area contributed by atoms with Crippen LogP contribution in [0.4, 0.5) is 0 Å². The lowest BCUT2D eigenvalue weighted by Crippen LogP contribution is -2.48. The van der Waals surface area contributed by atoms with Gasteiger partial charge in [0.2, 0.25) is 11.4 Å². The predicted molar refractivity (Wildman–Crippen MR) is 103 cm³/mol. The lowest BCUT2D eigenvalue weighted by Gasteiger charge is -2.29. The lowest BCUT2D eigenvalue weighted by atomic mass is 9.76. The number of fused-ring (bicyclic) bond motifs is 5. The molecule has 0 fully saturated rings. The van der Waals surface area contributed by atoms with Crippen LogP contribution in [0, 0.1) is 0 Å². The molecule has 0 saturated heterocycles. The summed E-state index contributed by atoms with van der Waals surface area (Å²) in [5.74, 6) is -2.23. The van der Waals surface area contributed by atoms with E-state index >= 15 is 0 Å². The van der Waals surface area contributed by atoms with Gasteiger partial charge in [0.05, 0.1) is 0 Å². The summed E-state index contributed by atoms with van der Waals surface area (Å²) in [6.07, 6.45) is 0. The summed E-state index contributed by atoms with van der Waals surface area (Å²) in [5, 5.41) is 23.0. The number of hydrogen-bond acceptors (Lipinski definition) is 4. The van der Waals surface area contributed by atoms with E-state index in [-0.39, 0.29) is 10.8 Å². The average molecular weight is 366 g/mol. The number of carbonyl (C=O) groups is 1. The Morgan fingerprint density at radius 2 is 1.52 bits per heavy atom. The molecule has 0 bridgehead atoms. The molecule has 0 amide bonds. The van der Waals surface area contributed by atoms with Gasteiger partial charge in [-0.1, -0.05) is 71.9 Å². The van der Waals surface area contributed by atoms with Crippen molar-refractivity contribution in [3.63, 3.8) is 0 Å². The van der Waals surface area contributed by atoms with Crippen molar-refractivity contribution in [2.24, 2.45) is 0 Å². The Hall–Kier alpha value is -2.17. The zero-order chi connectivity index (χ0) is 20.0. The Balaban J connectivity index is 2.07. The first-order valence-electron chi connectivity index (χ1n) is 9.29. The largest absolute Gasteiger partial charge is 0.453 e. The summed E-state index contributed by atoms with van der Waals surface area (Å²) in [5.41, 5.74) is 0.177. The Bertz CT molecular complexity index is 977. The molecule has 4 nitrogen and oxygen atoms in total. The summed E-state index contributed by atoms with van der Waals surface area (Å²) in [6.45, 7) is 12.4. The molecular weight excluding hydrogens is 340 g/mol. The fourth-order valence-corrected chi connectivity index (χ4v) is 4.10. The van der Waals surface area contributed by atoms with E-state index in [0.717, 1.165) is 11.1 Å². The van der Waals surface area contributed by atoms with E-state index in [4.69, 9.17) is 4.74 Å². The van der Waals surface area contributed by atoms with Crippen LogP contribution in [0.3, 0.4) is 0 Å². The van der Waals surface area contributed by atoms with Crippen LogP contribution in [0.25, 0.3) is 0 Å². The minimum absolute atomic E-state index is 0.194. The highest BCUT2D eigenvalue weighted by atomic mass is 16.7. The molecule has 2 N–H and O–H groups in total. The van der Waals surface area contributed by atoms with Gasteiger partial charge in [0.25, 0.3) is 5.79 Å². The third kappa shape index (κ3) is 2.14. The molecule has 4 rings (SSSR count). The zero-order valence-electron chi connectivity index (χ0n) is 16.7. The van der Waals surface area contributed by atoms with Crippen LogP contribution in [-0.2, 0) is 22.2 Å². The second-order valence-corrected chi connectivity index (χ2v) is 9.73. The van der Waals surface area contributed by atoms with Crippen LogP contribution in [0.1, 0.15) is 74.2 Å². The van der Waals surface area contributed by atoms with Crippen molar-refractivity contribution >= 4 is 5.78 Å². The van der Waals surface area contributed by atoms with Crippen LogP contribution in [0.2, 0.25) is 0 Å². The first kappa shape index (κ1) is 18.2. The van der Waals surface area contributed by atoms with Crippen LogP contribution in [-0.4, -0.2) is 16.0 Å². The Labute approximate surface area is 159 Å². The van der Waals surface area contributed by atoms with Gasteiger partial charge in [-0.15, -0.1) is 0 Å². The highest BCUT2D eigenvalue weighted by molar-refractivity contribution is 6.09. The van der Waals surface area contributed by atoms with Crippen LogP contribution in [0.15, 0.2) is 36.4 Å². The van der Waals surface area contributed by atoms with Crippen molar-refractivity contribution in [2.75, 3.05) is 0 Å². The summed E-state index contributed by atoms with van der Waals surface area (Å²) in [6, 6.07) is 10.6.